The zero-order valence-electron chi connectivity index (χ0n) is 5.76. The lowest BCUT2D eigenvalue weighted by atomic mass is 10.4. The molecule has 0 aliphatic rings. The SMILES string of the molecule is CCNCCC(F)=C(F)F. The van der Waals surface area contributed by atoms with E-state index in [1.54, 1.807) is 0 Å². The van der Waals surface area contributed by atoms with Gasteiger partial charge >= 0.3 is 6.08 Å². The summed E-state index contributed by atoms with van der Waals surface area (Å²) in [6.07, 6.45) is -2.44. The first kappa shape index (κ1) is 9.49. The van der Waals surface area contributed by atoms with Crippen LogP contribution in [0.1, 0.15) is 13.3 Å². The van der Waals surface area contributed by atoms with Crippen LogP contribution in [0.15, 0.2) is 11.9 Å². The van der Waals surface area contributed by atoms with Crippen molar-refractivity contribution >= 4 is 0 Å². The quantitative estimate of drug-likeness (QED) is 0.609. The third kappa shape index (κ3) is 4.38. The van der Waals surface area contributed by atoms with Gasteiger partial charge in [0, 0.05) is 13.0 Å². The lowest BCUT2D eigenvalue weighted by molar-refractivity contribution is 0.369. The second-order valence-corrected chi connectivity index (χ2v) is 1.77. The maximum Gasteiger partial charge on any atom is 0.301 e. The Morgan fingerprint density at radius 2 is 1.90 bits per heavy atom. The highest BCUT2D eigenvalue weighted by Crippen LogP contribution is 2.11. The smallest absolute Gasteiger partial charge is 0.301 e. The molecule has 0 radical (unpaired) electrons. The number of halogens is 3. The molecular weight excluding hydrogens is 143 g/mol. The van der Waals surface area contributed by atoms with E-state index < -0.39 is 11.9 Å². The van der Waals surface area contributed by atoms with E-state index in [1.807, 2.05) is 6.92 Å². The van der Waals surface area contributed by atoms with Crippen molar-refractivity contribution in [2.24, 2.45) is 0 Å². The number of hydrogen-bond acceptors (Lipinski definition) is 1. The Kier molecular flexibility index (Phi) is 5.02. The predicted octanol–water partition coefficient (Wildman–Crippen LogP) is 2.06. The first-order valence-electron chi connectivity index (χ1n) is 3.08. The summed E-state index contributed by atoms with van der Waals surface area (Å²) in [6, 6.07) is 0. The van der Waals surface area contributed by atoms with Crippen molar-refractivity contribution in [3.63, 3.8) is 0 Å². The van der Waals surface area contributed by atoms with Gasteiger partial charge in [0.15, 0.2) is 5.83 Å². The Morgan fingerprint density at radius 1 is 1.30 bits per heavy atom. The zero-order valence-corrected chi connectivity index (χ0v) is 5.76. The van der Waals surface area contributed by atoms with Crippen LogP contribution in [0, 0.1) is 0 Å². The molecule has 0 aromatic heterocycles. The van der Waals surface area contributed by atoms with Crippen LogP contribution in [0.25, 0.3) is 0 Å². The van der Waals surface area contributed by atoms with Crippen molar-refractivity contribution < 1.29 is 13.2 Å². The fraction of sp³-hybridized carbons (Fsp3) is 0.667. The maximum atomic E-state index is 11.9. The second-order valence-electron chi connectivity index (χ2n) is 1.77. The van der Waals surface area contributed by atoms with Crippen molar-refractivity contribution in [2.45, 2.75) is 13.3 Å². The minimum absolute atomic E-state index is 0.226. The molecule has 0 unspecified atom stereocenters. The van der Waals surface area contributed by atoms with E-state index >= 15 is 0 Å². The molecule has 4 heteroatoms. The molecule has 0 aliphatic carbocycles. The summed E-state index contributed by atoms with van der Waals surface area (Å²) >= 11 is 0. The van der Waals surface area contributed by atoms with Gasteiger partial charge in [-0.2, -0.15) is 8.78 Å². The predicted molar refractivity (Wildman–Crippen MR) is 33.5 cm³/mol. The van der Waals surface area contributed by atoms with E-state index in [4.69, 9.17) is 0 Å². The Balaban J connectivity index is 3.40. The molecule has 0 fully saturated rings. The molecule has 0 saturated carbocycles. The molecule has 0 aliphatic heterocycles. The molecule has 0 aromatic carbocycles. The van der Waals surface area contributed by atoms with Gasteiger partial charge in [-0.15, -0.1) is 0 Å². The van der Waals surface area contributed by atoms with Gasteiger partial charge in [-0.25, -0.2) is 4.39 Å². The molecule has 0 saturated heterocycles. The molecule has 0 amide bonds. The summed E-state index contributed by atoms with van der Waals surface area (Å²) < 4.78 is 34.6. The van der Waals surface area contributed by atoms with Gasteiger partial charge in [0.1, 0.15) is 0 Å². The lowest BCUT2D eigenvalue weighted by Crippen LogP contribution is -2.13. The lowest BCUT2D eigenvalue weighted by Gasteiger charge is -1.96. The normalized spacial score (nSPS) is 9.60. The van der Waals surface area contributed by atoms with Crippen LogP contribution in [0.2, 0.25) is 0 Å². The van der Waals surface area contributed by atoms with Gasteiger partial charge < -0.3 is 5.32 Å². The molecule has 60 valence electrons. The molecular formula is C6H10F3N. The van der Waals surface area contributed by atoms with E-state index in [0.717, 1.165) is 0 Å². The number of rotatable bonds is 4. The monoisotopic (exact) mass is 153 g/mol. The first-order valence-corrected chi connectivity index (χ1v) is 3.08. The van der Waals surface area contributed by atoms with Crippen LogP contribution in [0.5, 0.6) is 0 Å². The van der Waals surface area contributed by atoms with Gasteiger partial charge in [0.2, 0.25) is 0 Å². The fourth-order valence-corrected chi connectivity index (χ4v) is 0.469. The summed E-state index contributed by atoms with van der Waals surface area (Å²) in [6.45, 7) is 2.76. The van der Waals surface area contributed by atoms with E-state index in [9.17, 15) is 13.2 Å². The van der Waals surface area contributed by atoms with Gasteiger partial charge in [-0.1, -0.05) is 6.92 Å². The molecule has 1 nitrogen and oxygen atoms in total. The van der Waals surface area contributed by atoms with Gasteiger partial charge in [0.05, 0.1) is 0 Å². The molecule has 0 heterocycles. The third-order valence-electron chi connectivity index (χ3n) is 0.976. The Hall–Kier alpha value is -0.510. The number of hydrogen-bond donors (Lipinski definition) is 1. The number of nitrogens with one attached hydrogen (secondary N) is 1. The van der Waals surface area contributed by atoms with E-state index in [0.29, 0.717) is 6.54 Å². The average Bonchev–Trinajstić information content (AvgIpc) is 1.88. The van der Waals surface area contributed by atoms with Crippen LogP contribution in [-0.2, 0) is 0 Å². The topological polar surface area (TPSA) is 12.0 Å². The molecule has 0 spiro atoms. The van der Waals surface area contributed by atoms with E-state index in [2.05, 4.69) is 5.32 Å². The van der Waals surface area contributed by atoms with Crippen LogP contribution in [-0.4, -0.2) is 13.1 Å². The highest BCUT2D eigenvalue weighted by Gasteiger charge is 2.02. The first-order chi connectivity index (χ1) is 4.68. The van der Waals surface area contributed by atoms with E-state index in [1.165, 1.54) is 0 Å². The van der Waals surface area contributed by atoms with Gasteiger partial charge in [-0.05, 0) is 6.54 Å². The van der Waals surface area contributed by atoms with Gasteiger partial charge in [0.25, 0.3) is 0 Å². The van der Waals surface area contributed by atoms with Crippen molar-refractivity contribution in [2.75, 3.05) is 13.1 Å². The van der Waals surface area contributed by atoms with Crippen molar-refractivity contribution in [1.29, 1.82) is 0 Å². The van der Waals surface area contributed by atoms with Crippen LogP contribution in [0.4, 0.5) is 13.2 Å². The van der Waals surface area contributed by atoms with Crippen LogP contribution >= 0.6 is 0 Å². The zero-order chi connectivity index (χ0) is 7.98. The summed E-state index contributed by atoms with van der Waals surface area (Å²) in [7, 11) is 0. The molecule has 0 aromatic rings. The standard InChI is InChI=1S/C6H10F3N/c1-2-10-4-3-5(7)6(8)9/h10H,2-4H2,1H3. The Morgan fingerprint density at radius 3 is 2.30 bits per heavy atom. The largest absolute Gasteiger partial charge is 0.317 e. The van der Waals surface area contributed by atoms with Crippen LogP contribution < -0.4 is 5.32 Å². The van der Waals surface area contributed by atoms with Gasteiger partial charge in [-0.3, -0.25) is 0 Å². The molecule has 0 rings (SSSR count). The second kappa shape index (κ2) is 5.29. The minimum atomic E-state index is -2.21. The minimum Gasteiger partial charge on any atom is -0.317 e. The van der Waals surface area contributed by atoms with Crippen LogP contribution in [0.3, 0.4) is 0 Å². The summed E-state index contributed by atoms with van der Waals surface area (Å²) in [5.41, 5.74) is 0. The summed E-state index contributed by atoms with van der Waals surface area (Å²) in [5.74, 6) is -1.32. The highest BCUT2D eigenvalue weighted by atomic mass is 19.3. The third-order valence-corrected chi connectivity index (χ3v) is 0.976. The van der Waals surface area contributed by atoms with Crippen molar-refractivity contribution in [3.8, 4) is 0 Å². The highest BCUT2D eigenvalue weighted by molar-refractivity contribution is 4.91. The van der Waals surface area contributed by atoms with E-state index in [-0.39, 0.29) is 13.0 Å². The summed E-state index contributed by atoms with van der Waals surface area (Å²) in [4.78, 5) is 0. The Bertz CT molecular complexity index is 118. The fourth-order valence-electron chi connectivity index (χ4n) is 0.469. The maximum absolute atomic E-state index is 11.9. The molecule has 0 atom stereocenters. The van der Waals surface area contributed by atoms with Crippen molar-refractivity contribution in [3.05, 3.63) is 11.9 Å². The average molecular weight is 153 g/mol. The molecule has 1 N–H and O–H groups in total. The molecule has 10 heavy (non-hydrogen) atoms. The molecule has 0 bridgehead atoms. The van der Waals surface area contributed by atoms with Crippen molar-refractivity contribution in [1.82, 2.24) is 5.32 Å². The summed E-state index contributed by atoms with van der Waals surface area (Å²) in [5, 5.41) is 2.73. The Labute approximate surface area is 57.9 Å².